The van der Waals surface area contributed by atoms with Crippen LogP contribution in [-0.2, 0) is 11.3 Å². The summed E-state index contributed by atoms with van der Waals surface area (Å²) in [6.45, 7) is 11.2. The highest BCUT2D eigenvalue weighted by Gasteiger charge is 2.14. The fourth-order valence-electron chi connectivity index (χ4n) is 2.02. The molecule has 0 saturated heterocycles. The summed E-state index contributed by atoms with van der Waals surface area (Å²) in [5.74, 6) is 1.45. The Morgan fingerprint density at radius 3 is 2.55 bits per heavy atom. The van der Waals surface area contributed by atoms with Crippen LogP contribution in [0.15, 0.2) is 12.1 Å². The number of ether oxygens (including phenoxy) is 1. The van der Waals surface area contributed by atoms with E-state index in [0.717, 1.165) is 24.6 Å². The zero-order valence-electron chi connectivity index (χ0n) is 13.7. The summed E-state index contributed by atoms with van der Waals surface area (Å²) < 4.78 is 5.24. The topological polar surface area (TPSA) is 37.4 Å². The third kappa shape index (κ3) is 4.76. The van der Waals surface area contributed by atoms with Gasteiger partial charge in [0.2, 0.25) is 0 Å². The van der Waals surface area contributed by atoms with Gasteiger partial charge in [-0.15, -0.1) is 0 Å². The molecule has 1 N–H and O–H groups in total. The second-order valence-electron chi connectivity index (χ2n) is 5.61. The van der Waals surface area contributed by atoms with Crippen LogP contribution in [0.1, 0.15) is 44.9 Å². The van der Waals surface area contributed by atoms with Crippen LogP contribution in [0.25, 0.3) is 0 Å². The van der Waals surface area contributed by atoms with Gasteiger partial charge >= 0.3 is 0 Å². The molecule has 1 aromatic rings. The Bertz CT molecular complexity index is 407. The summed E-state index contributed by atoms with van der Waals surface area (Å²) in [4.78, 5) is 6.97. The normalized spacial score (nSPS) is 12.8. The van der Waals surface area contributed by atoms with Gasteiger partial charge in [-0.3, -0.25) is 0 Å². The van der Waals surface area contributed by atoms with Gasteiger partial charge < -0.3 is 15.0 Å². The quantitative estimate of drug-likeness (QED) is 0.794. The van der Waals surface area contributed by atoms with Crippen LogP contribution < -0.4 is 10.2 Å². The number of likely N-dealkylation sites (N-methyl/N-ethyl adjacent to an activating group) is 1. The molecule has 1 aromatic heterocycles. The minimum atomic E-state index is 0.307. The van der Waals surface area contributed by atoms with Crippen molar-refractivity contribution in [1.82, 2.24) is 10.3 Å². The van der Waals surface area contributed by atoms with Crippen LogP contribution in [0, 0.1) is 0 Å². The molecule has 0 spiro atoms. The number of methoxy groups -OCH3 is 1. The highest BCUT2D eigenvalue weighted by atomic mass is 16.5. The molecule has 114 valence electrons. The first kappa shape index (κ1) is 16.9. The van der Waals surface area contributed by atoms with E-state index < -0.39 is 0 Å². The molecular formula is C16H29N3O. The lowest BCUT2D eigenvalue weighted by molar-refractivity contribution is 0.183. The Kier molecular flexibility index (Phi) is 6.96. The van der Waals surface area contributed by atoms with Crippen LogP contribution in [0.5, 0.6) is 0 Å². The lowest BCUT2D eigenvalue weighted by Gasteiger charge is -2.26. The van der Waals surface area contributed by atoms with E-state index in [0.29, 0.717) is 18.6 Å². The number of nitrogens with zero attached hydrogens (tertiary/aromatic N) is 2. The van der Waals surface area contributed by atoms with E-state index >= 15 is 0 Å². The number of hydrogen-bond donors (Lipinski definition) is 1. The van der Waals surface area contributed by atoms with Gasteiger partial charge in [0, 0.05) is 26.4 Å². The molecule has 0 aliphatic heterocycles. The van der Waals surface area contributed by atoms with Gasteiger partial charge in [-0.2, -0.15) is 0 Å². The lowest BCUT2D eigenvalue weighted by atomic mass is 10.1. The van der Waals surface area contributed by atoms with Gasteiger partial charge in [-0.1, -0.05) is 20.8 Å². The molecule has 4 nitrogen and oxygen atoms in total. The van der Waals surface area contributed by atoms with E-state index in [1.54, 1.807) is 7.11 Å². The van der Waals surface area contributed by atoms with Gasteiger partial charge in [-0.25, -0.2) is 4.98 Å². The summed E-state index contributed by atoms with van der Waals surface area (Å²) in [6.07, 6.45) is 0. The van der Waals surface area contributed by atoms with Crippen molar-refractivity contribution >= 4 is 5.82 Å². The SMILES string of the molecule is CCNCc1cc(C(C)C)nc(N(C)C(C)COC)c1. The molecule has 0 radical (unpaired) electrons. The monoisotopic (exact) mass is 279 g/mol. The van der Waals surface area contributed by atoms with Crippen LogP contribution >= 0.6 is 0 Å². The average molecular weight is 279 g/mol. The molecule has 1 atom stereocenters. The number of nitrogens with one attached hydrogen (secondary N) is 1. The molecule has 20 heavy (non-hydrogen) atoms. The van der Waals surface area contributed by atoms with E-state index in [2.05, 4.69) is 57.1 Å². The maximum atomic E-state index is 5.24. The second kappa shape index (κ2) is 8.22. The largest absolute Gasteiger partial charge is 0.383 e. The van der Waals surface area contributed by atoms with E-state index in [9.17, 15) is 0 Å². The predicted octanol–water partition coefficient (Wildman–Crippen LogP) is 2.79. The number of aromatic nitrogens is 1. The molecule has 0 aliphatic carbocycles. The number of anilines is 1. The van der Waals surface area contributed by atoms with Gasteiger partial charge in [0.05, 0.1) is 12.6 Å². The zero-order chi connectivity index (χ0) is 15.1. The van der Waals surface area contributed by atoms with Crippen LogP contribution in [0.4, 0.5) is 5.82 Å². The third-order valence-electron chi connectivity index (χ3n) is 3.49. The molecule has 0 saturated carbocycles. The van der Waals surface area contributed by atoms with Crippen LogP contribution in [0.2, 0.25) is 0 Å². The molecule has 0 fully saturated rings. The Labute approximate surface area is 123 Å². The number of rotatable bonds is 8. The Balaban J connectivity index is 3.01. The third-order valence-corrected chi connectivity index (χ3v) is 3.49. The Morgan fingerprint density at radius 2 is 2.00 bits per heavy atom. The number of pyridine rings is 1. The maximum Gasteiger partial charge on any atom is 0.129 e. The van der Waals surface area contributed by atoms with E-state index in [1.165, 1.54) is 5.56 Å². The highest BCUT2D eigenvalue weighted by molar-refractivity contribution is 5.43. The van der Waals surface area contributed by atoms with Gasteiger partial charge in [-0.05, 0) is 37.1 Å². The maximum absolute atomic E-state index is 5.24. The predicted molar refractivity (Wildman–Crippen MR) is 85.4 cm³/mol. The van der Waals surface area contributed by atoms with Gasteiger partial charge in [0.15, 0.2) is 0 Å². The summed E-state index contributed by atoms with van der Waals surface area (Å²) in [7, 11) is 3.81. The van der Waals surface area contributed by atoms with Crippen molar-refractivity contribution in [3.8, 4) is 0 Å². The van der Waals surface area contributed by atoms with Crippen LogP contribution in [0.3, 0.4) is 0 Å². The molecule has 1 heterocycles. The first-order valence-corrected chi connectivity index (χ1v) is 7.42. The summed E-state index contributed by atoms with van der Waals surface area (Å²) in [6, 6.07) is 4.67. The fraction of sp³-hybridized carbons (Fsp3) is 0.688. The van der Waals surface area contributed by atoms with Crippen molar-refractivity contribution in [1.29, 1.82) is 0 Å². The first-order chi connectivity index (χ1) is 9.49. The van der Waals surface area contributed by atoms with Crippen molar-refractivity contribution in [3.05, 3.63) is 23.4 Å². The molecule has 1 rings (SSSR count). The molecule has 1 unspecified atom stereocenters. The number of hydrogen-bond acceptors (Lipinski definition) is 4. The van der Waals surface area contributed by atoms with E-state index in [1.807, 2.05) is 0 Å². The minimum absolute atomic E-state index is 0.307. The Morgan fingerprint density at radius 1 is 1.30 bits per heavy atom. The fourth-order valence-corrected chi connectivity index (χ4v) is 2.02. The Hall–Kier alpha value is -1.13. The lowest BCUT2D eigenvalue weighted by Crippen LogP contribution is -2.33. The van der Waals surface area contributed by atoms with Crippen LogP contribution in [-0.4, -0.2) is 38.3 Å². The smallest absolute Gasteiger partial charge is 0.129 e. The molecule has 0 aromatic carbocycles. The van der Waals surface area contributed by atoms with E-state index in [-0.39, 0.29) is 0 Å². The highest BCUT2D eigenvalue weighted by Crippen LogP contribution is 2.21. The summed E-state index contributed by atoms with van der Waals surface area (Å²) >= 11 is 0. The van der Waals surface area contributed by atoms with E-state index in [4.69, 9.17) is 9.72 Å². The zero-order valence-corrected chi connectivity index (χ0v) is 13.7. The molecule has 0 bridgehead atoms. The molecule has 4 heteroatoms. The second-order valence-corrected chi connectivity index (χ2v) is 5.61. The molecular weight excluding hydrogens is 250 g/mol. The summed E-state index contributed by atoms with van der Waals surface area (Å²) in [5.41, 5.74) is 2.43. The standard InChI is InChI=1S/C16H29N3O/c1-7-17-10-14-8-15(12(2)3)18-16(9-14)19(5)13(4)11-20-6/h8-9,12-13,17H,7,10-11H2,1-6H3. The van der Waals surface area contributed by atoms with Crippen molar-refractivity contribution in [3.63, 3.8) is 0 Å². The van der Waals surface area contributed by atoms with Crippen molar-refractivity contribution < 1.29 is 4.74 Å². The van der Waals surface area contributed by atoms with Crippen molar-refractivity contribution in [2.24, 2.45) is 0 Å². The summed E-state index contributed by atoms with van der Waals surface area (Å²) in [5, 5.41) is 3.38. The average Bonchev–Trinajstić information content (AvgIpc) is 2.44. The van der Waals surface area contributed by atoms with Gasteiger partial charge in [0.1, 0.15) is 5.82 Å². The first-order valence-electron chi connectivity index (χ1n) is 7.42. The molecule has 0 amide bonds. The van der Waals surface area contributed by atoms with Crippen molar-refractivity contribution in [2.45, 2.75) is 46.2 Å². The minimum Gasteiger partial charge on any atom is -0.383 e. The van der Waals surface area contributed by atoms with Crippen molar-refractivity contribution in [2.75, 3.05) is 32.2 Å². The van der Waals surface area contributed by atoms with Gasteiger partial charge in [0.25, 0.3) is 0 Å². The molecule has 0 aliphatic rings.